The Bertz CT molecular complexity index is 270. The molecule has 92 valence electrons. The number of likely N-dealkylation sites (tertiary alicyclic amines) is 1. The molecule has 1 saturated heterocycles. The van der Waals surface area contributed by atoms with E-state index in [4.69, 9.17) is 10.8 Å². The number of carbonyl (C=O) groups is 2. The quantitative estimate of drug-likeness (QED) is 0.631. The average molecular weight is 229 g/mol. The Labute approximate surface area is 94.8 Å². The summed E-state index contributed by atoms with van der Waals surface area (Å²) in [6, 6.07) is -0.465. The number of carboxylic acids is 1. The zero-order valence-electron chi connectivity index (χ0n) is 9.48. The van der Waals surface area contributed by atoms with E-state index in [1.165, 1.54) is 0 Å². The minimum Gasteiger partial charge on any atom is -0.481 e. The van der Waals surface area contributed by atoms with Crippen LogP contribution in [0.25, 0.3) is 0 Å². The molecule has 1 aliphatic rings. The molecule has 0 radical (unpaired) electrons. The normalized spacial score (nSPS) is 21.9. The van der Waals surface area contributed by atoms with Crippen LogP contribution in [0.15, 0.2) is 0 Å². The smallest absolute Gasteiger partial charge is 0.317 e. The lowest BCUT2D eigenvalue weighted by Gasteiger charge is -2.21. The summed E-state index contributed by atoms with van der Waals surface area (Å²) in [5, 5.41) is 11.4. The first-order valence-electron chi connectivity index (χ1n) is 5.55. The molecule has 1 fully saturated rings. The Morgan fingerprint density at radius 2 is 2.31 bits per heavy atom. The maximum Gasteiger partial charge on any atom is 0.317 e. The van der Waals surface area contributed by atoms with Crippen molar-refractivity contribution in [1.29, 1.82) is 0 Å². The summed E-state index contributed by atoms with van der Waals surface area (Å²) < 4.78 is 0. The molecule has 0 spiro atoms. The minimum atomic E-state index is -0.898. The van der Waals surface area contributed by atoms with Gasteiger partial charge in [-0.1, -0.05) is 6.92 Å². The number of nitrogens with zero attached hydrogens (tertiary/aromatic N) is 1. The highest BCUT2D eigenvalue weighted by molar-refractivity contribution is 5.76. The molecule has 1 heterocycles. The fraction of sp³-hybridized carbons (Fsp3) is 0.800. The molecule has 16 heavy (non-hydrogen) atoms. The first kappa shape index (κ1) is 12.8. The van der Waals surface area contributed by atoms with Crippen molar-refractivity contribution in [2.45, 2.75) is 38.3 Å². The summed E-state index contributed by atoms with van der Waals surface area (Å²) in [5.74, 6) is -0.898. The first-order chi connectivity index (χ1) is 7.52. The van der Waals surface area contributed by atoms with Crippen molar-refractivity contribution >= 4 is 12.0 Å². The fourth-order valence-corrected chi connectivity index (χ4v) is 1.75. The van der Waals surface area contributed by atoms with Crippen LogP contribution in [0.3, 0.4) is 0 Å². The van der Waals surface area contributed by atoms with Gasteiger partial charge in [-0.25, -0.2) is 4.79 Å². The topological polar surface area (TPSA) is 95.7 Å². The SMILES string of the molecule is CCC(CC(=O)O)NC(=O)N1CCC(N)C1. The van der Waals surface area contributed by atoms with Gasteiger partial charge in [0.25, 0.3) is 0 Å². The second-order valence-electron chi connectivity index (χ2n) is 4.15. The van der Waals surface area contributed by atoms with Crippen molar-refractivity contribution in [3.8, 4) is 0 Å². The number of urea groups is 1. The Kier molecular flexibility index (Phi) is 4.54. The van der Waals surface area contributed by atoms with Gasteiger partial charge in [0.15, 0.2) is 0 Å². The van der Waals surface area contributed by atoms with Gasteiger partial charge in [-0.3, -0.25) is 4.79 Å². The molecule has 0 bridgehead atoms. The predicted octanol–water partition coefficient (Wildman–Crippen LogP) is -0.0177. The number of rotatable bonds is 4. The van der Waals surface area contributed by atoms with E-state index in [1.807, 2.05) is 6.92 Å². The largest absolute Gasteiger partial charge is 0.481 e. The lowest BCUT2D eigenvalue weighted by Crippen LogP contribution is -2.45. The number of nitrogens with one attached hydrogen (secondary N) is 1. The summed E-state index contributed by atoms with van der Waals surface area (Å²) in [5.41, 5.74) is 5.69. The van der Waals surface area contributed by atoms with Gasteiger partial charge in [0.1, 0.15) is 0 Å². The van der Waals surface area contributed by atoms with Gasteiger partial charge < -0.3 is 21.1 Å². The van der Waals surface area contributed by atoms with Crippen molar-refractivity contribution < 1.29 is 14.7 Å². The molecule has 4 N–H and O–H groups in total. The molecule has 6 nitrogen and oxygen atoms in total. The summed E-state index contributed by atoms with van der Waals surface area (Å²) in [4.78, 5) is 23.9. The van der Waals surface area contributed by atoms with Crippen molar-refractivity contribution in [3.05, 3.63) is 0 Å². The maximum atomic E-state index is 11.7. The van der Waals surface area contributed by atoms with Crippen LogP contribution in [0.4, 0.5) is 4.79 Å². The van der Waals surface area contributed by atoms with Crippen LogP contribution >= 0.6 is 0 Å². The Morgan fingerprint density at radius 1 is 1.62 bits per heavy atom. The molecule has 2 unspecified atom stereocenters. The van der Waals surface area contributed by atoms with E-state index in [2.05, 4.69) is 5.32 Å². The number of carbonyl (C=O) groups excluding carboxylic acids is 1. The van der Waals surface area contributed by atoms with Crippen molar-refractivity contribution in [1.82, 2.24) is 10.2 Å². The lowest BCUT2D eigenvalue weighted by molar-refractivity contribution is -0.137. The zero-order chi connectivity index (χ0) is 12.1. The van der Waals surface area contributed by atoms with Crippen LogP contribution in [0.2, 0.25) is 0 Å². The summed E-state index contributed by atoms with van der Waals surface area (Å²) in [7, 11) is 0. The van der Waals surface area contributed by atoms with Crippen molar-refractivity contribution in [3.63, 3.8) is 0 Å². The van der Waals surface area contributed by atoms with Crippen LogP contribution in [-0.4, -0.2) is 47.2 Å². The number of hydrogen-bond acceptors (Lipinski definition) is 3. The lowest BCUT2D eigenvalue weighted by atomic mass is 10.1. The van der Waals surface area contributed by atoms with E-state index in [0.717, 1.165) is 6.42 Å². The molecule has 0 aliphatic carbocycles. The molecule has 6 heteroatoms. The van der Waals surface area contributed by atoms with E-state index >= 15 is 0 Å². The van der Waals surface area contributed by atoms with E-state index in [1.54, 1.807) is 4.90 Å². The summed E-state index contributed by atoms with van der Waals surface area (Å²) in [6.07, 6.45) is 1.38. The van der Waals surface area contributed by atoms with Gasteiger partial charge in [-0.05, 0) is 12.8 Å². The number of amides is 2. The average Bonchev–Trinajstić information content (AvgIpc) is 2.63. The second kappa shape index (κ2) is 5.69. The molecule has 0 saturated carbocycles. The van der Waals surface area contributed by atoms with Crippen LogP contribution in [0.5, 0.6) is 0 Å². The predicted molar refractivity (Wildman–Crippen MR) is 59.0 cm³/mol. The van der Waals surface area contributed by atoms with Crippen LogP contribution in [-0.2, 0) is 4.79 Å². The molecule has 0 aromatic rings. The Morgan fingerprint density at radius 3 is 2.75 bits per heavy atom. The van der Waals surface area contributed by atoms with Crippen LogP contribution < -0.4 is 11.1 Å². The number of nitrogens with two attached hydrogens (primary N) is 1. The van der Waals surface area contributed by atoms with Gasteiger partial charge >= 0.3 is 12.0 Å². The molecule has 0 aromatic carbocycles. The molecule has 2 atom stereocenters. The number of carboxylic acid groups (broad SMARTS) is 1. The number of hydrogen-bond donors (Lipinski definition) is 3. The molecule has 2 amide bonds. The Balaban J connectivity index is 2.39. The highest BCUT2D eigenvalue weighted by atomic mass is 16.4. The molecule has 1 rings (SSSR count). The minimum absolute atomic E-state index is 0.0396. The van der Waals surface area contributed by atoms with Crippen molar-refractivity contribution in [2.75, 3.05) is 13.1 Å². The van der Waals surface area contributed by atoms with E-state index in [9.17, 15) is 9.59 Å². The monoisotopic (exact) mass is 229 g/mol. The third-order valence-electron chi connectivity index (χ3n) is 2.75. The van der Waals surface area contributed by atoms with Gasteiger partial charge in [-0.2, -0.15) is 0 Å². The molecular weight excluding hydrogens is 210 g/mol. The fourth-order valence-electron chi connectivity index (χ4n) is 1.75. The maximum absolute atomic E-state index is 11.7. The first-order valence-corrected chi connectivity index (χ1v) is 5.55. The van der Waals surface area contributed by atoms with Crippen molar-refractivity contribution in [2.24, 2.45) is 5.73 Å². The van der Waals surface area contributed by atoms with E-state index in [0.29, 0.717) is 19.5 Å². The highest BCUT2D eigenvalue weighted by Gasteiger charge is 2.25. The van der Waals surface area contributed by atoms with E-state index in [-0.39, 0.29) is 24.5 Å². The second-order valence-corrected chi connectivity index (χ2v) is 4.15. The number of aliphatic carboxylic acids is 1. The van der Waals surface area contributed by atoms with Gasteiger partial charge in [0, 0.05) is 25.2 Å². The summed E-state index contributed by atoms with van der Waals surface area (Å²) >= 11 is 0. The van der Waals surface area contributed by atoms with Gasteiger partial charge in [0.05, 0.1) is 6.42 Å². The molecule has 1 aliphatic heterocycles. The van der Waals surface area contributed by atoms with Gasteiger partial charge in [-0.15, -0.1) is 0 Å². The third-order valence-corrected chi connectivity index (χ3v) is 2.75. The summed E-state index contributed by atoms with van der Waals surface area (Å²) in [6.45, 7) is 3.05. The van der Waals surface area contributed by atoms with Crippen LogP contribution in [0, 0.1) is 0 Å². The standard InChI is InChI=1S/C10H19N3O3/c1-2-8(5-9(14)15)12-10(16)13-4-3-7(11)6-13/h7-8H,2-6,11H2,1H3,(H,12,16)(H,14,15). The van der Waals surface area contributed by atoms with E-state index < -0.39 is 5.97 Å². The van der Waals surface area contributed by atoms with Gasteiger partial charge in [0.2, 0.25) is 0 Å². The Hall–Kier alpha value is -1.30. The molecule has 0 aromatic heterocycles. The zero-order valence-corrected chi connectivity index (χ0v) is 9.48. The molecular formula is C10H19N3O3. The highest BCUT2D eigenvalue weighted by Crippen LogP contribution is 2.08. The van der Waals surface area contributed by atoms with Crippen LogP contribution in [0.1, 0.15) is 26.2 Å². The third kappa shape index (κ3) is 3.69.